The second-order valence-electron chi connectivity index (χ2n) is 8.09. The molecule has 180 valence electrons. The van der Waals surface area contributed by atoms with Gasteiger partial charge in [-0.25, -0.2) is 13.8 Å². The van der Waals surface area contributed by atoms with Gasteiger partial charge in [-0.1, -0.05) is 0 Å². The van der Waals surface area contributed by atoms with Crippen molar-refractivity contribution in [1.29, 1.82) is 5.26 Å². The van der Waals surface area contributed by atoms with E-state index in [1.165, 1.54) is 18.2 Å². The number of carbonyl (C=O) groups is 2. The molecule has 36 heavy (non-hydrogen) atoms. The molecule has 0 radical (unpaired) electrons. The van der Waals surface area contributed by atoms with Crippen LogP contribution < -0.4 is 9.47 Å². The first-order valence-electron chi connectivity index (χ1n) is 10.8. The number of fused-ring (bicyclic) bond motifs is 2. The standard InChI is InChI=1S/C26H16F2N2O5S/c27-15-8-19(28)25-23(9-15)36-24(30-25)10-20(31)13-1-3-16(4-2-13)35-21-11-22-18(7-14(21)12-29)17(26(32)33)5-6-34-22/h1-4,7-9,11,17H,5-6,10H2,(H,32,33). The maximum absolute atomic E-state index is 13.9. The van der Waals surface area contributed by atoms with E-state index in [4.69, 9.17) is 9.47 Å². The topological polar surface area (TPSA) is 110 Å². The summed E-state index contributed by atoms with van der Waals surface area (Å²) < 4.78 is 39.1. The Morgan fingerprint density at radius 3 is 2.69 bits per heavy atom. The molecule has 1 aliphatic heterocycles. The molecule has 4 aromatic rings. The van der Waals surface area contributed by atoms with Crippen LogP contribution in [0.3, 0.4) is 0 Å². The van der Waals surface area contributed by atoms with E-state index in [1.54, 1.807) is 24.3 Å². The smallest absolute Gasteiger partial charge is 0.311 e. The minimum absolute atomic E-state index is 0.0324. The van der Waals surface area contributed by atoms with E-state index in [1.807, 2.05) is 6.07 Å². The van der Waals surface area contributed by atoms with E-state index in [0.717, 1.165) is 17.4 Å². The molecule has 1 aliphatic rings. The monoisotopic (exact) mass is 506 g/mol. The molecule has 2 heterocycles. The normalized spacial score (nSPS) is 14.5. The predicted octanol–water partition coefficient (Wildman–Crippen LogP) is 5.61. The molecule has 0 spiro atoms. The van der Waals surface area contributed by atoms with Gasteiger partial charge in [-0.3, -0.25) is 9.59 Å². The van der Waals surface area contributed by atoms with Crippen molar-refractivity contribution < 1.29 is 33.0 Å². The molecule has 7 nitrogen and oxygen atoms in total. The van der Waals surface area contributed by atoms with Gasteiger partial charge in [0.25, 0.3) is 0 Å². The number of rotatable bonds is 6. The van der Waals surface area contributed by atoms with Crippen LogP contribution in [0.15, 0.2) is 48.5 Å². The number of Topliss-reactive ketones (excluding diaryl/α,β-unsaturated/α-hetero) is 1. The number of halogens is 2. The highest BCUT2D eigenvalue weighted by atomic mass is 32.1. The van der Waals surface area contributed by atoms with E-state index < -0.39 is 23.5 Å². The van der Waals surface area contributed by atoms with Crippen LogP contribution in [0.2, 0.25) is 0 Å². The molecule has 0 aliphatic carbocycles. The van der Waals surface area contributed by atoms with Crippen molar-refractivity contribution >= 4 is 33.3 Å². The minimum atomic E-state index is -0.986. The highest BCUT2D eigenvalue weighted by Crippen LogP contribution is 2.39. The Hall–Kier alpha value is -4.36. The van der Waals surface area contributed by atoms with E-state index in [9.17, 15) is 28.7 Å². The highest BCUT2D eigenvalue weighted by Gasteiger charge is 2.29. The number of hydrogen-bond donors (Lipinski definition) is 1. The van der Waals surface area contributed by atoms with Gasteiger partial charge in [0.15, 0.2) is 11.6 Å². The van der Waals surface area contributed by atoms with Gasteiger partial charge in [-0.05, 0) is 42.8 Å². The lowest BCUT2D eigenvalue weighted by Crippen LogP contribution is -2.21. The number of benzene rings is 3. The summed E-state index contributed by atoms with van der Waals surface area (Å²) in [6.07, 6.45) is 0.234. The number of nitrogens with zero attached hydrogens (tertiary/aromatic N) is 2. The summed E-state index contributed by atoms with van der Waals surface area (Å²) in [5, 5.41) is 19.4. The number of carboxylic acids is 1. The molecular weight excluding hydrogens is 490 g/mol. The molecular formula is C26H16F2N2O5S. The average Bonchev–Trinajstić information content (AvgIpc) is 3.26. The zero-order chi connectivity index (χ0) is 25.4. The quantitative estimate of drug-likeness (QED) is 0.338. The Morgan fingerprint density at radius 2 is 1.97 bits per heavy atom. The molecule has 1 atom stereocenters. The van der Waals surface area contributed by atoms with Gasteiger partial charge in [-0.15, -0.1) is 11.3 Å². The molecule has 0 saturated heterocycles. The van der Waals surface area contributed by atoms with E-state index in [2.05, 4.69) is 4.98 Å². The average molecular weight is 506 g/mol. The molecule has 0 saturated carbocycles. The van der Waals surface area contributed by atoms with Crippen LogP contribution in [-0.4, -0.2) is 28.4 Å². The van der Waals surface area contributed by atoms with Crippen LogP contribution in [0.5, 0.6) is 17.2 Å². The highest BCUT2D eigenvalue weighted by molar-refractivity contribution is 7.18. The van der Waals surface area contributed by atoms with Crippen LogP contribution in [0, 0.1) is 23.0 Å². The van der Waals surface area contributed by atoms with Gasteiger partial charge >= 0.3 is 5.97 Å². The van der Waals surface area contributed by atoms with Crippen LogP contribution in [0.1, 0.15) is 38.8 Å². The van der Waals surface area contributed by atoms with Crippen molar-refractivity contribution in [3.05, 3.63) is 81.9 Å². The molecule has 1 aromatic heterocycles. The summed E-state index contributed by atoms with van der Waals surface area (Å²) in [5.41, 5.74) is 0.984. The minimum Gasteiger partial charge on any atom is -0.493 e. The van der Waals surface area contributed by atoms with Crippen molar-refractivity contribution in [1.82, 2.24) is 4.98 Å². The maximum atomic E-state index is 13.9. The van der Waals surface area contributed by atoms with E-state index in [0.29, 0.717) is 38.8 Å². The summed E-state index contributed by atoms with van der Waals surface area (Å²) in [7, 11) is 0. The molecule has 1 unspecified atom stereocenters. The lowest BCUT2D eigenvalue weighted by atomic mass is 9.91. The third-order valence-electron chi connectivity index (χ3n) is 5.74. The fraction of sp³-hybridized carbons (Fsp3) is 0.154. The van der Waals surface area contributed by atoms with Gasteiger partial charge in [0, 0.05) is 23.3 Å². The molecule has 3 aromatic carbocycles. The maximum Gasteiger partial charge on any atom is 0.311 e. The van der Waals surface area contributed by atoms with Crippen LogP contribution in [0.25, 0.3) is 10.2 Å². The summed E-state index contributed by atoms with van der Waals surface area (Å²) in [6.45, 7) is 0.238. The molecule has 5 rings (SSSR count). The van der Waals surface area contributed by atoms with Gasteiger partial charge in [0.1, 0.15) is 39.7 Å². The zero-order valence-electron chi connectivity index (χ0n) is 18.5. The number of nitriles is 1. The summed E-state index contributed by atoms with van der Waals surface area (Å²) >= 11 is 1.05. The fourth-order valence-electron chi connectivity index (χ4n) is 4.00. The third-order valence-corrected chi connectivity index (χ3v) is 6.75. The largest absolute Gasteiger partial charge is 0.493 e. The summed E-state index contributed by atoms with van der Waals surface area (Å²) in [4.78, 5) is 28.4. The van der Waals surface area contributed by atoms with Crippen molar-refractivity contribution in [3.8, 4) is 23.3 Å². The van der Waals surface area contributed by atoms with Gasteiger partial charge in [0.05, 0.1) is 29.2 Å². The van der Waals surface area contributed by atoms with E-state index in [-0.39, 0.29) is 35.6 Å². The molecule has 0 amide bonds. The lowest BCUT2D eigenvalue weighted by molar-refractivity contribution is -0.139. The lowest BCUT2D eigenvalue weighted by Gasteiger charge is -2.24. The summed E-state index contributed by atoms with van der Waals surface area (Å²) in [5.74, 6) is -2.58. The number of hydrogen-bond acceptors (Lipinski definition) is 7. The van der Waals surface area contributed by atoms with Crippen molar-refractivity contribution in [2.75, 3.05) is 6.61 Å². The number of carboxylic acid groups (broad SMARTS) is 1. The molecule has 0 fully saturated rings. The number of aromatic nitrogens is 1. The number of thiazole rings is 1. The van der Waals surface area contributed by atoms with E-state index >= 15 is 0 Å². The number of ketones is 1. The first-order valence-corrected chi connectivity index (χ1v) is 11.6. The first-order chi connectivity index (χ1) is 17.3. The molecule has 10 heteroatoms. The van der Waals surface area contributed by atoms with Crippen LogP contribution in [0.4, 0.5) is 8.78 Å². The first kappa shape index (κ1) is 23.4. The number of ether oxygens (including phenoxy) is 2. The zero-order valence-corrected chi connectivity index (χ0v) is 19.3. The van der Waals surface area contributed by atoms with Gasteiger partial charge < -0.3 is 14.6 Å². The fourth-order valence-corrected chi connectivity index (χ4v) is 5.01. The Bertz CT molecular complexity index is 1560. The van der Waals surface area contributed by atoms with Gasteiger partial charge in [0.2, 0.25) is 0 Å². The van der Waals surface area contributed by atoms with Gasteiger partial charge in [-0.2, -0.15) is 5.26 Å². The Kier molecular flexibility index (Phi) is 6.08. The van der Waals surface area contributed by atoms with Crippen LogP contribution >= 0.6 is 11.3 Å². The summed E-state index contributed by atoms with van der Waals surface area (Å²) in [6, 6.07) is 13.1. The second-order valence-corrected chi connectivity index (χ2v) is 9.21. The SMILES string of the molecule is N#Cc1cc2c(cc1Oc1ccc(C(=O)Cc3nc4c(F)cc(F)cc4s3)cc1)OCCC2C(=O)O. The number of carbonyl (C=O) groups excluding carboxylic acids is 1. The van der Waals surface area contributed by atoms with Crippen LogP contribution in [-0.2, 0) is 11.2 Å². The number of aliphatic carboxylic acids is 1. The molecule has 0 bridgehead atoms. The van der Waals surface area contributed by atoms with Crippen molar-refractivity contribution in [2.45, 2.75) is 18.8 Å². The third kappa shape index (κ3) is 4.48. The Balaban J connectivity index is 1.33. The molecule has 1 N–H and O–H groups in total. The Morgan fingerprint density at radius 1 is 1.19 bits per heavy atom. The van der Waals surface area contributed by atoms with Crippen molar-refractivity contribution in [2.24, 2.45) is 0 Å². The van der Waals surface area contributed by atoms with Crippen molar-refractivity contribution in [3.63, 3.8) is 0 Å². The second kappa shape index (κ2) is 9.36. The predicted molar refractivity (Wildman–Crippen MR) is 126 cm³/mol. The Labute approximate surface area is 207 Å².